The maximum absolute atomic E-state index is 12.6. The van der Waals surface area contributed by atoms with Crippen molar-refractivity contribution in [2.45, 2.75) is 38.5 Å². The number of carbonyl (C=O) groups excluding carboxylic acids is 3. The van der Waals surface area contributed by atoms with Gasteiger partial charge in [0.05, 0.1) is 60.0 Å². The highest BCUT2D eigenvalue weighted by atomic mass is 35.5. The summed E-state index contributed by atoms with van der Waals surface area (Å²) in [6.07, 6.45) is 0.111. The van der Waals surface area contributed by atoms with E-state index in [4.69, 9.17) is 26.8 Å². The number of fused-ring (bicyclic) bond motifs is 1. The van der Waals surface area contributed by atoms with Crippen LogP contribution in [0.2, 0.25) is 5.02 Å². The summed E-state index contributed by atoms with van der Waals surface area (Å²) in [5.74, 6) is -0.810. The Balaban J connectivity index is 1.63. The summed E-state index contributed by atoms with van der Waals surface area (Å²) in [4.78, 5) is 47.0. The molecule has 1 aromatic carbocycles. The van der Waals surface area contributed by atoms with E-state index in [1.807, 2.05) is 13.0 Å². The summed E-state index contributed by atoms with van der Waals surface area (Å²) < 4.78 is 11.7. The Labute approximate surface area is 262 Å². The fourth-order valence-electron chi connectivity index (χ4n) is 4.57. The second-order valence-electron chi connectivity index (χ2n) is 9.91. The molecule has 6 N–H and O–H groups in total. The van der Waals surface area contributed by atoms with Gasteiger partial charge in [-0.1, -0.05) is 11.6 Å². The van der Waals surface area contributed by atoms with Gasteiger partial charge in [0, 0.05) is 13.1 Å². The number of benzene rings is 1. The lowest BCUT2D eigenvalue weighted by Crippen LogP contribution is -2.56. The number of ether oxygens (including phenoxy) is 2. The van der Waals surface area contributed by atoms with Gasteiger partial charge in [-0.3, -0.25) is 9.59 Å². The second-order valence-corrected chi connectivity index (χ2v) is 10.3. The molecule has 0 aliphatic carbocycles. The minimum atomic E-state index is -0.880. The minimum Gasteiger partial charge on any atom is -0.457 e. The zero-order chi connectivity index (χ0) is 32.7. The normalized spacial score (nSPS) is 16.6. The third kappa shape index (κ3) is 7.58. The molecule has 4 rings (SSSR count). The Morgan fingerprint density at radius 2 is 2.04 bits per heavy atom. The fraction of sp³-hybridized carbons (Fsp3) is 0.407. The summed E-state index contributed by atoms with van der Waals surface area (Å²) in [5.41, 5.74) is 7.07. The maximum atomic E-state index is 12.6. The highest BCUT2D eigenvalue weighted by Gasteiger charge is 2.35. The van der Waals surface area contributed by atoms with Crippen LogP contribution in [0.5, 0.6) is 0 Å². The molecule has 2 amide bonds. The number of aromatic nitrogens is 4. The summed E-state index contributed by atoms with van der Waals surface area (Å²) in [7, 11) is 1.22. The molecule has 1 unspecified atom stereocenters. The number of methoxy groups -OCH3 is 1. The van der Waals surface area contributed by atoms with Gasteiger partial charge in [-0.05, 0) is 32.4 Å². The van der Waals surface area contributed by atoms with E-state index in [1.165, 1.54) is 30.8 Å². The minimum absolute atomic E-state index is 0.0727. The number of anilines is 4. The quantitative estimate of drug-likeness (QED) is 0.195. The Hall–Kier alpha value is -5.39. The van der Waals surface area contributed by atoms with Gasteiger partial charge in [-0.2, -0.15) is 20.0 Å². The lowest BCUT2D eigenvalue weighted by molar-refractivity contribution is -0.150. The van der Waals surface area contributed by atoms with Gasteiger partial charge in [0.1, 0.15) is 18.7 Å². The number of nitriles is 2. The van der Waals surface area contributed by atoms with Crippen LogP contribution in [0.4, 0.5) is 27.9 Å². The number of nitrogens with two attached hydrogens (primary N) is 1. The zero-order valence-electron chi connectivity index (χ0n) is 24.6. The van der Waals surface area contributed by atoms with Crippen LogP contribution < -0.4 is 31.9 Å². The molecule has 0 bridgehead atoms. The van der Waals surface area contributed by atoms with Crippen LogP contribution in [0.15, 0.2) is 18.3 Å². The molecule has 1 aliphatic heterocycles. The smallest absolute Gasteiger partial charge is 0.407 e. The van der Waals surface area contributed by atoms with E-state index in [0.717, 1.165) is 0 Å². The maximum Gasteiger partial charge on any atom is 0.407 e. The van der Waals surface area contributed by atoms with Crippen LogP contribution in [-0.2, 0) is 19.1 Å². The van der Waals surface area contributed by atoms with Crippen molar-refractivity contribution in [2.75, 3.05) is 48.8 Å². The van der Waals surface area contributed by atoms with Crippen molar-refractivity contribution >= 4 is 58.4 Å². The highest BCUT2D eigenvalue weighted by molar-refractivity contribution is 6.36. The summed E-state index contributed by atoms with van der Waals surface area (Å²) >= 11 is 6.88. The van der Waals surface area contributed by atoms with E-state index in [9.17, 15) is 24.9 Å². The van der Waals surface area contributed by atoms with Crippen LogP contribution in [-0.4, -0.2) is 89.0 Å². The number of rotatable bonds is 10. The largest absolute Gasteiger partial charge is 0.457 e. The number of carbonyl (C=O) groups is 3. The van der Waals surface area contributed by atoms with E-state index in [2.05, 4.69) is 42.4 Å². The van der Waals surface area contributed by atoms with E-state index in [0.29, 0.717) is 42.4 Å². The van der Waals surface area contributed by atoms with E-state index in [1.54, 1.807) is 11.0 Å². The number of hydrogen-bond donors (Lipinski definition) is 5. The predicted octanol–water partition coefficient (Wildman–Crippen LogP) is 1.01. The molecule has 1 saturated heterocycles. The molecule has 0 saturated carbocycles. The Morgan fingerprint density at radius 3 is 2.71 bits per heavy atom. The van der Waals surface area contributed by atoms with Crippen molar-refractivity contribution in [3.8, 4) is 12.1 Å². The summed E-state index contributed by atoms with van der Waals surface area (Å²) in [6, 6.07) is 5.81. The van der Waals surface area contributed by atoms with Crippen molar-refractivity contribution in [1.29, 1.82) is 10.5 Å². The number of nitrogens with one attached hydrogen (secondary N) is 4. The number of amides is 2. The molecule has 1 aliphatic rings. The second kappa shape index (κ2) is 14.4. The number of hydrogen-bond acceptors (Lipinski definition) is 14. The number of piperidine rings is 1. The molecule has 45 heavy (non-hydrogen) atoms. The van der Waals surface area contributed by atoms with Gasteiger partial charge < -0.3 is 41.4 Å². The predicted molar refractivity (Wildman–Crippen MR) is 162 cm³/mol. The first-order valence-electron chi connectivity index (χ1n) is 13.8. The first-order valence-corrected chi connectivity index (χ1v) is 14.2. The van der Waals surface area contributed by atoms with Gasteiger partial charge in [0.25, 0.3) is 0 Å². The molecule has 17 nitrogen and oxygen atoms in total. The highest BCUT2D eigenvalue weighted by Crippen LogP contribution is 2.37. The standard InChI is InChI=1S/C27H31ClN12O5/c1-4-32-23-24-33-11-16(10-30)40(24)38-26(37-23)35-18-7-15(9-29)8-19(22(18)28)39-6-5-17(36-27(43)44-3)20(13-39)45-21(41)12-34-25(42)14(2)31/h7-8,11,14,17,20H,4-6,12-13,31H2,1-3H3,(H,34,42)(H,36,43)(H2,32,35,37,38)/t14-,17+,20?/m0/s1. The number of nitrogens with zero attached hydrogens (tertiary/aromatic N) is 7. The fourth-order valence-corrected chi connectivity index (χ4v) is 4.85. The number of imidazole rings is 1. The summed E-state index contributed by atoms with van der Waals surface area (Å²) in [6.45, 7) is 3.88. The molecule has 3 aromatic rings. The lowest BCUT2D eigenvalue weighted by atomic mass is 10.0. The Kier molecular flexibility index (Phi) is 10.4. The van der Waals surface area contributed by atoms with E-state index >= 15 is 0 Å². The van der Waals surface area contributed by atoms with Crippen molar-refractivity contribution in [2.24, 2.45) is 5.73 Å². The molecule has 2 aromatic heterocycles. The molecule has 3 heterocycles. The molecule has 0 spiro atoms. The SMILES string of the molecule is CCNc1nc(Nc2cc(C#N)cc(N3CC[C@@H](NC(=O)OC)C(OC(=O)CNC(=O)[C@H](C)N)C3)c2Cl)nn2c(C#N)cnc12. The third-order valence-corrected chi connectivity index (χ3v) is 7.14. The molecule has 3 atom stereocenters. The van der Waals surface area contributed by atoms with Gasteiger partial charge in [0.15, 0.2) is 17.2 Å². The van der Waals surface area contributed by atoms with Crippen molar-refractivity contribution in [3.05, 3.63) is 34.6 Å². The molecule has 18 heteroatoms. The van der Waals surface area contributed by atoms with Crippen LogP contribution in [0.1, 0.15) is 31.5 Å². The molecular weight excluding hydrogens is 608 g/mol. The first kappa shape index (κ1) is 32.5. The Bertz CT molecular complexity index is 1680. The van der Waals surface area contributed by atoms with Crippen LogP contribution >= 0.6 is 11.6 Å². The number of alkyl carbamates (subject to hydrolysis) is 1. The topological polar surface area (TPSA) is 238 Å². The van der Waals surface area contributed by atoms with Crippen molar-refractivity contribution < 1.29 is 23.9 Å². The average Bonchev–Trinajstić information content (AvgIpc) is 3.45. The molecule has 236 valence electrons. The van der Waals surface area contributed by atoms with Crippen molar-refractivity contribution in [3.63, 3.8) is 0 Å². The van der Waals surface area contributed by atoms with Crippen molar-refractivity contribution in [1.82, 2.24) is 30.2 Å². The first-order chi connectivity index (χ1) is 21.6. The number of halogens is 1. The Morgan fingerprint density at radius 1 is 1.27 bits per heavy atom. The number of esters is 1. The van der Waals surface area contributed by atoms with Gasteiger partial charge >= 0.3 is 12.1 Å². The average molecular weight is 639 g/mol. The van der Waals surface area contributed by atoms with E-state index in [-0.39, 0.29) is 28.8 Å². The van der Waals surface area contributed by atoms with Crippen LogP contribution in [0, 0.1) is 22.7 Å². The summed E-state index contributed by atoms with van der Waals surface area (Å²) in [5, 5.41) is 35.1. The van der Waals surface area contributed by atoms with Gasteiger partial charge in [0.2, 0.25) is 11.9 Å². The monoisotopic (exact) mass is 638 g/mol. The molecule has 0 radical (unpaired) electrons. The molecule has 1 fully saturated rings. The van der Waals surface area contributed by atoms with Gasteiger partial charge in [-0.25, -0.2) is 9.78 Å². The molecular formula is C27H31ClN12O5. The van der Waals surface area contributed by atoms with Gasteiger partial charge in [-0.15, -0.1) is 5.10 Å². The third-order valence-electron chi connectivity index (χ3n) is 6.74. The van der Waals surface area contributed by atoms with Crippen LogP contribution in [0.25, 0.3) is 5.65 Å². The van der Waals surface area contributed by atoms with E-state index < -0.39 is 42.7 Å². The van der Waals surface area contributed by atoms with Crippen LogP contribution in [0.3, 0.4) is 0 Å². The lowest BCUT2D eigenvalue weighted by Gasteiger charge is -2.39. The zero-order valence-corrected chi connectivity index (χ0v) is 25.4.